The summed E-state index contributed by atoms with van der Waals surface area (Å²) in [5.74, 6) is -1.04. The second-order valence-electron chi connectivity index (χ2n) is 7.10. The molecule has 36 heavy (non-hydrogen) atoms. The lowest BCUT2D eigenvalue weighted by molar-refractivity contribution is -0.138. The summed E-state index contributed by atoms with van der Waals surface area (Å²) in [6, 6.07) is 0. The van der Waals surface area contributed by atoms with Crippen LogP contribution in [-0.2, 0) is 52.3 Å². The highest BCUT2D eigenvalue weighted by Gasteiger charge is 1.99. The number of hydrogen-bond acceptors (Lipinski definition) is 11. The van der Waals surface area contributed by atoms with Gasteiger partial charge in [0.2, 0.25) is 5.91 Å². The van der Waals surface area contributed by atoms with Gasteiger partial charge in [0.15, 0.2) is 0 Å². The Balaban J connectivity index is 3.07. The molecule has 0 radical (unpaired) electrons. The molecule has 0 unspecified atom stereocenters. The monoisotopic (exact) mass is 525 g/mol. The molecule has 0 aromatic carbocycles. The molecular weight excluding hydrogens is 482 g/mol. The van der Waals surface area contributed by atoms with Crippen molar-refractivity contribution in [3.05, 3.63) is 0 Å². The van der Waals surface area contributed by atoms with Crippen LogP contribution in [-0.4, -0.2) is 136 Å². The Morgan fingerprint density at radius 2 is 0.861 bits per heavy atom. The van der Waals surface area contributed by atoms with Crippen molar-refractivity contribution in [3.8, 4) is 0 Å². The first kappa shape index (κ1) is 34.3. The minimum atomic E-state index is -0.879. The Labute approximate surface area is 213 Å². The van der Waals surface area contributed by atoms with Crippen molar-refractivity contribution in [2.45, 2.75) is 19.3 Å². The fourth-order valence-electron chi connectivity index (χ4n) is 2.34. The van der Waals surface area contributed by atoms with E-state index in [1.807, 2.05) is 0 Å². The molecule has 0 rings (SSSR count). The third-order valence-corrected chi connectivity index (χ3v) is 4.12. The zero-order chi connectivity index (χ0) is 26.4. The van der Waals surface area contributed by atoms with Gasteiger partial charge in [-0.05, 0) is 0 Å². The van der Waals surface area contributed by atoms with Crippen LogP contribution in [0.4, 0.5) is 0 Å². The minimum Gasteiger partial charge on any atom is -0.481 e. The standard InChI is InChI=1S/C23H43NO12/c25-5-1-2-22(26)24-4-7-30-9-11-32-13-15-34-17-19-36-21-20-35-18-16-33-14-12-31-10-8-29-6-3-23(27)28/h5H,1-4,6-21H2,(H,24,26)(H,27,28). The predicted octanol–water partition coefficient (Wildman–Crippen LogP) is -0.311. The average molecular weight is 526 g/mol. The van der Waals surface area contributed by atoms with Gasteiger partial charge in [-0.3, -0.25) is 9.59 Å². The molecule has 0 atom stereocenters. The number of hydrogen-bond donors (Lipinski definition) is 2. The van der Waals surface area contributed by atoms with Crippen LogP contribution in [0.3, 0.4) is 0 Å². The number of carbonyl (C=O) groups is 3. The number of nitrogens with one attached hydrogen (secondary N) is 1. The SMILES string of the molecule is O=CCCC(=O)NCCOCCOCCOCCOCCOCCOCCOCCOCCC(=O)O. The summed E-state index contributed by atoms with van der Waals surface area (Å²) in [6.45, 7) is 7.26. The molecule has 0 bridgehead atoms. The van der Waals surface area contributed by atoms with Gasteiger partial charge in [0.25, 0.3) is 0 Å². The number of aliphatic carboxylic acids is 1. The van der Waals surface area contributed by atoms with Gasteiger partial charge in [-0.15, -0.1) is 0 Å². The highest BCUT2D eigenvalue weighted by molar-refractivity contribution is 5.77. The number of rotatable bonds is 30. The lowest BCUT2D eigenvalue weighted by Crippen LogP contribution is -2.27. The Kier molecular flexibility index (Phi) is 28.1. The topological polar surface area (TPSA) is 157 Å². The lowest BCUT2D eigenvalue weighted by atomic mass is 10.3. The van der Waals surface area contributed by atoms with Gasteiger partial charge in [0.1, 0.15) is 6.29 Å². The first-order valence-corrected chi connectivity index (χ1v) is 12.2. The zero-order valence-electron chi connectivity index (χ0n) is 21.2. The summed E-state index contributed by atoms with van der Waals surface area (Å²) in [4.78, 5) is 31.7. The molecule has 0 saturated heterocycles. The van der Waals surface area contributed by atoms with Crippen LogP contribution < -0.4 is 5.32 Å². The van der Waals surface area contributed by atoms with Gasteiger partial charge in [-0.25, -0.2) is 0 Å². The number of ether oxygens (including phenoxy) is 8. The lowest BCUT2D eigenvalue weighted by Gasteiger charge is -2.09. The number of carboxylic acids is 1. The van der Waals surface area contributed by atoms with Crippen molar-refractivity contribution in [1.29, 1.82) is 0 Å². The maximum atomic E-state index is 11.2. The molecule has 13 heteroatoms. The van der Waals surface area contributed by atoms with Crippen LogP contribution in [0.1, 0.15) is 19.3 Å². The molecule has 0 saturated carbocycles. The van der Waals surface area contributed by atoms with Crippen molar-refractivity contribution in [3.63, 3.8) is 0 Å². The van der Waals surface area contributed by atoms with Crippen molar-refractivity contribution in [2.75, 3.05) is 112 Å². The van der Waals surface area contributed by atoms with Gasteiger partial charge in [0, 0.05) is 19.4 Å². The summed E-state index contributed by atoms with van der Waals surface area (Å²) < 4.78 is 42.6. The summed E-state index contributed by atoms with van der Waals surface area (Å²) in [5, 5.41) is 11.1. The smallest absolute Gasteiger partial charge is 0.305 e. The summed E-state index contributed by atoms with van der Waals surface area (Å²) in [6.07, 6.45) is 1.15. The fourth-order valence-corrected chi connectivity index (χ4v) is 2.34. The number of amides is 1. The largest absolute Gasteiger partial charge is 0.481 e. The molecule has 0 spiro atoms. The molecule has 0 aliphatic heterocycles. The van der Waals surface area contributed by atoms with Crippen molar-refractivity contribution < 1.29 is 57.4 Å². The summed E-state index contributed by atoms with van der Waals surface area (Å²) in [5.41, 5.74) is 0. The quantitative estimate of drug-likeness (QED) is 0.0932. The number of aldehydes is 1. The first-order chi connectivity index (χ1) is 17.7. The van der Waals surface area contributed by atoms with Crippen LogP contribution in [0.5, 0.6) is 0 Å². The van der Waals surface area contributed by atoms with Crippen molar-refractivity contribution in [2.24, 2.45) is 0 Å². The highest BCUT2D eigenvalue weighted by atomic mass is 16.6. The van der Waals surface area contributed by atoms with Crippen molar-refractivity contribution in [1.82, 2.24) is 5.32 Å². The van der Waals surface area contributed by atoms with Crippen LogP contribution in [0, 0.1) is 0 Å². The molecule has 0 heterocycles. The van der Waals surface area contributed by atoms with E-state index in [4.69, 9.17) is 43.0 Å². The van der Waals surface area contributed by atoms with E-state index in [9.17, 15) is 14.4 Å². The van der Waals surface area contributed by atoms with E-state index in [0.29, 0.717) is 106 Å². The number of carbonyl (C=O) groups excluding carboxylic acids is 2. The van der Waals surface area contributed by atoms with Gasteiger partial charge >= 0.3 is 5.97 Å². The van der Waals surface area contributed by atoms with Gasteiger partial charge in [0.05, 0.1) is 112 Å². The molecule has 0 aromatic heterocycles. The van der Waals surface area contributed by atoms with E-state index in [2.05, 4.69) is 5.32 Å². The van der Waals surface area contributed by atoms with E-state index in [0.717, 1.165) is 6.29 Å². The molecule has 212 valence electrons. The third kappa shape index (κ3) is 30.3. The molecule has 2 N–H and O–H groups in total. The molecule has 0 aliphatic carbocycles. The first-order valence-electron chi connectivity index (χ1n) is 12.2. The normalized spacial score (nSPS) is 11.0. The second kappa shape index (κ2) is 29.5. The second-order valence-corrected chi connectivity index (χ2v) is 7.10. The van der Waals surface area contributed by atoms with Gasteiger partial charge in [-0.2, -0.15) is 0 Å². The van der Waals surface area contributed by atoms with E-state index < -0.39 is 5.97 Å². The van der Waals surface area contributed by atoms with E-state index in [1.54, 1.807) is 0 Å². The summed E-state index contributed by atoms with van der Waals surface area (Å²) in [7, 11) is 0. The van der Waals surface area contributed by atoms with Crippen LogP contribution in [0.25, 0.3) is 0 Å². The minimum absolute atomic E-state index is 0.00622. The Morgan fingerprint density at radius 3 is 1.19 bits per heavy atom. The predicted molar refractivity (Wildman–Crippen MR) is 127 cm³/mol. The average Bonchev–Trinajstić information content (AvgIpc) is 2.86. The highest BCUT2D eigenvalue weighted by Crippen LogP contribution is 1.87. The molecule has 0 fully saturated rings. The van der Waals surface area contributed by atoms with Gasteiger partial charge in [-0.1, -0.05) is 0 Å². The van der Waals surface area contributed by atoms with E-state index in [-0.39, 0.29) is 31.8 Å². The van der Waals surface area contributed by atoms with Crippen LogP contribution in [0.15, 0.2) is 0 Å². The number of carboxylic acid groups (broad SMARTS) is 1. The Hall–Kier alpha value is -1.71. The van der Waals surface area contributed by atoms with Crippen LogP contribution >= 0.6 is 0 Å². The molecule has 0 aliphatic rings. The molecular formula is C23H43NO12. The fraction of sp³-hybridized carbons (Fsp3) is 0.870. The maximum absolute atomic E-state index is 11.2. The van der Waals surface area contributed by atoms with E-state index >= 15 is 0 Å². The Morgan fingerprint density at radius 1 is 0.528 bits per heavy atom. The Bertz CT molecular complexity index is 509. The van der Waals surface area contributed by atoms with E-state index in [1.165, 1.54) is 0 Å². The van der Waals surface area contributed by atoms with Crippen molar-refractivity contribution >= 4 is 18.2 Å². The maximum Gasteiger partial charge on any atom is 0.305 e. The van der Waals surface area contributed by atoms with Crippen LogP contribution in [0.2, 0.25) is 0 Å². The van der Waals surface area contributed by atoms with Gasteiger partial charge < -0.3 is 53.1 Å². The molecule has 13 nitrogen and oxygen atoms in total. The molecule has 0 aromatic rings. The zero-order valence-corrected chi connectivity index (χ0v) is 21.2. The molecule has 1 amide bonds. The summed E-state index contributed by atoms with van der Waals surface area (Å²) >= 11 is 0. The third-order valence-electron chi connectivity index (χ3n) is 4.12.